The highest BCUT2D eigenvalue weighted by molar-refractivity contribution is 5.10. The fourth-order valence-electron chi connectivity index (χ4n) is 1.64. The summed E-state index contributed by atoms with van der Waals surface area (Å²) in [5, 5.41) is 17.4. The molecule has 13 heavy (non-hydrogen) atoms. The van der Waals surface area contributed by atoms with Crippen molar-refractivity contribution in [1.29, 1.82) is 0 Å². The van der Waals surface area contributed by atoms with Crippen LogP contribution in [0.15, 0.2) is 0 Å². The Morgan fingerprint density at radius 3 is 2.77 bits per heavy atom. The van der Waals surface area contributed by atoms with Crippen molar-refractivity contribution in [2.24, 2.45) is 5.73 Å². The van der Waals surface area contributed by atoms with E-state index >= 15 is 0 Å². The minimum Gasteiger partial charge on any atom is -0.364 e. The summed E-state index contributed by atoms with van der Waals surface area (Å²) >= 11 is 0. The van der Waals surface area contributed by atoms with E-state index in [2.05, 4.69) is 16.7 Å². The van der Waals surface area contributed by atoms with Crippen LogP contribution in [-0.2, 0) is 4.89 Å². The molecule has 0 aromatic carbocycles. The summed E-state index contributed by atoms with van der Waals surface area (Å²) in [6, 6.07) is -0.566. The van der Waals surface area contributed by atoms with Crippen molar-refractivity contribution < 1.29 is 15.3 Å². The molecule has 0 aliphatic carbocycles. The van der Waals surface area contributed by atoms with Gasteiger partial charge in [-0.2, -0.15) is 0 Å². The fraction of sp³-hybridized carbons (Fsp3) is 1.00. The van der Waals surface area contributed by atoms with Crippen LogP contribution in [0, 0.1) is 0 Å². The second-order valence-electron chi connectivity index (χ2n) is 3.80. The molecule has 4 unspecified atom stereocenters. The third-order valence-electron chi connectivity index (χ3n) is 2.76. The van der Waals surface area contributed by atoms with E-state index in [1.54, 1.807) is 0 Å². The maximum absolute atomic E-state index is 9.16. The molecule has 0 amide bonds. The van der Waals surface area contributed by atoms with Crippen LogP contribution in [0.25, 0.3) is 0 Å². The van der Waals surface area contributed by atoms with Gasteiger partial charge in [-0.05, 0) is 19.9 Å². The average molecular weight is 190 g/mol. The molecule has 1 rings (SSSR count). The molecule has 0 aromatic heterocycles. The van der Waals surface area contributed by atoms with Gasteiger partial charge in [0.1, 0.15) is 0 Å². The lowest BCUT2D eigenvalue weighted by molar-refractivity contribution is -0.341. The first-order valence-corrected chi connectivity index (χ1v) is 4.55. The Balaban J connectivity index is 2.44. The van der Waals surface area contributed by atoms with Crippen molar-refractivity contribution in [3.63, 3.8) is 0 Å². The molecule has 1 aliphatic heterocycles. The Hall–Kier alpha value is -0.200. The molecule has 0 aromatic rings. The second-order valence-corrected chi connectivity index (χ2v) is 3.80. The first kappa shape index (κ1) is 10.9. The summed E-state index contributed by atoms with van der Waals surface area (Å²) < 4.78 is 0. The second kappa shape index (κ2) is 3.89. The standard InChI is InChI=1S/C8H18N2O3/c1-3-4-10-5-8(10,2)6(9)7(11)13-12/h6-7,11-12H,3-5,9H2,1-2H3. The summed E-state index contributed by atoms with van der Waals surface area (Å²) in [6.45, 7) is 5.85. The molecule has 4 atom stereocenters. The zero-order valence-corrected chi connectivity index (χ0v) is 8.10. The van der Waals surface area contributed by atoms with E-state index in [0.717, 1.165) is 19.5 Å². The topological polar surface area (TPSA) is 78.7 Å². The van der Waals surface area contributed by atoms with Gasteiger partial charge in [0.2, 0.25) is 6.29 Å². The Bertz CT molecular complexity index is 179. The lowest BCUT2D eigenvalue weighted by Gasteiger charge is -2.23. The molecule has 0 spiro atoms. The maximum Gasteiger partial charge on any atom is 0.205 e. The van der Waals surface area contributed by atoms with Crippen LogP contribution < -0.4 is 5.73 Å². The van der Waals surface area contributed by atoms with Crippen LogP contribution in [-0.4, -0.2) is 46.2 Å². The molecule has 1 fully saturated rings. The number of aliphatic hydroxyl groups excluding tert-OH is 1. The highest BCUT2D eigenvalue weighted by Crippen LogP contribution is 2.35. The minimum atomic E-state index is -1.30. The van der Waals surface area contributed by atoms with E-state index in [4.69, 9.17) is 16.1 Å². The van der Waals surface area contributed by atoms with E-state index in [1.165, 1.54) is 0 Å². The van der Waals surface area contributed by atoms with Crippen molar-refractivity contribution >= 4 is 0 Å². The molecule has 5 nitrogen and oxygen atoms in total. The van der Waals surface area contributed by atoms with E-state index < -0.39 is 12.3 Å². The van der Waals surface area contributed by atoms with Crippen LogP contribution in [0.3, 0.4) is 0 Å². The first-order valence-electron chi connectivity index (χ1n) is 4.55. The molecule has 0 saturated carbocycles. The van der Waals surface area contributed by atoms with Crippen LogP contribution in [0.4, 0.5) is 0 Å². The molecule has 1 saturated heterocycles. The van der Waals surface area contributed by atoms with Gasteiger partial charge in [-0.15, -0.1) is 0 Å². The third-order valence-corrected chi connectivity index (χ3v) is 2.76. The number of hydrogen-bond donors (Lipinski definition) is 3. The molecular formula is C8H18N2O3. The summed E-state index contributed by atoms with van der Waals surface area (Å²) in [7, 11) is 0. The molecular weight excluding hydrogens is 172 g/mol. The number of hydrogen-bond acceptors (Lipinski definition) is 5. The molecule has 4 N–H and O–H groups in total. The number of aliphatic hydroxyl groups is 1. The van der Waals surface area contributed by atoms with Gasteiger partial charge in [-0.25, -0.2) is 10.1 Å². The number of nitrogens with two attached hydrogens (primary N) is 1. The van der Waals surface area contributed by atoms with E-state index in [1.807, 2.05) is 6.92 Å². The zero-order chi connectivity index (χ0) is 10.1. The van der Waals surface area contributed by atoms with Gasteiger partial charge in [0, 0.05) is 6.54 Å². The highest BCUT2D eigenvalue weighted by atomic mass is 17.1. The Morgan fingerprint density at radius 1 is 1.69 bits per heavy atom. The van der Waals surface area contributed by atoms with E-state index in [9.17, 15) is 0 Å². The summed E-state index contributed by atoms with van der Waals surface area (Å²) in [5.74, 6) is 0. The third kappa shape index (κ3) is 2.00. The number of nitrogens with zero attached hydrogens (tertiary/aromatic N) is 1. The van der Waals surface area contributed by atoms with Gasteiger partial charge >= 0.3 is 0 Å². The molecule has 1 heterocycles. The summed E-state index contributed by atoms with van der Waals surface area (Å²) in [6.07, 6.45) is -0.245. The lowest BCUT2D eigenvalue weighted by Crippen LogP contribution is -2.48. The first-order chi connectivity index (χ1) is 6.06. The highest BCUT2D eigenvalue weighted by Gasteiger charge is 2.53. The number of rotatable bonds is 5. The van der Waals surface area contributed by atoms with E-state index in [-0.39, 0.29) is 5.54 Å². The SMILES string of the molecule is CCCN1CC1(C)C(N)C(O)OO. The molecule has 0 radical (unpaired) electrons. The predicted molar refractivity (Wildman–Crippen MR) is 48.0 cm³/mol. The van der Waals surface area contributed by atoms with Gasteiger partial charge in [0.15, 0.2) is 0 Å². The van der Waals surface area contributed by atoms with E-state index in [0.29, 0.717) is 0 Å². The molecule has 0 bridgehead atoms. The van der Waals surface area contributed by atoms with Crippen LogP contribution in [0.5, 0.6) is 0 Å². The monoisotopic (exact) mass is 190 g/mol. The predicted octanol–water partition coefficient (Wildman–Crippen LogP) is -0.394. The van der Waals surface area contributed by atoms with Crippen LogP contribution in [0.2, 0.25) is 0 Å². The summed E-state index contributed by atoms with van der Waals surface area (Å²) in [4.78, 5) is 5.96. The zero-order valence-electron chi connectivity index (χ0n) is 8.10. The molecule has 5 heteroatoms. The van der Waals surface area contributed by atoms with Crippen molar-refractivity contribution in [2.75, 3.05) is 13.1 Å². The van der Waals surface area contributed by atoms with Crippen molar-refractivity contribution in [3.05, 3.63) is 0 Å². The minimum absolute atomic E-state index is 0.224. The normalized spacial score (nSPS) is 37.2. The maximum atomic E-state index is 9.16. The van der Waals surface area contributed by atoms with Gasteiger partial charge in [0.05, 0.1) is 11.6 Å². The van der Waals surface area contributed by atoms with Gasteiger partial charge in [-0.3, -0.25) is 4.90 Å². The Morgan fingerprint density at radius 2 is 2.31 bits per heavy atom. The van der Waals surface area contributed by atoms with Gasteiger partial charge < -0.3 is 10.8 Å². The Kier molecular flexibility index (Phi) is 3.26. The summed E-state index contributed by atoms with van der Waals surface area (Å²) in [5.41, 5.74) is 5.49. The smallest absolute Gasteiger partial charge is 0.205 e. The largest absolute Gasteiger partial charge is 0.364 e. The van der Waals surface area contributed by atoms with Crippen LogP contribution in [0.1, 0.15) is 20.3 Å². The molecule has 1 aliphatic rings. The average Bonchev–Trinajstić information content (AvgIpc) is 2.77. The molecule has 78 valence electrons. The van der Waals surface area contributed by atoms with Crippen molar-refractivity contribution in [1.82, 2.24) is 4.90 Å². The van der Waals surface area contributed by atoms with Gasteiger partial charge in [-0.1, -0.05) is 6.92 Å². The van der Waals surface area contributed by atoms with Crippen molar-refractivity contribution in [2.45, 2.75) is 38.1 Å². The quantitative estimate of drug-likeness (QED) is 0.238. The van der Waals surface area contributed by atoms with Crippen LogP contribution >= 0.6 is 0 Å². The van der Waals surface area contributed by atoms with Crippen molar-refractivity contribution in [3.8, 4) is 0 Å². The Labute approximate surface area is 78.0 Å². The fourth-order valence-corrected chi connectivity index (χ4v) is 1.64. The van der Waals surface area contributed by atoms with Gasteiger partial charge in [0.25, 0.3) is 0 Å². The lowest BCUT2D eigenvalue weighted by atomic mass is 10.0.